The number of aliphatic hydroxyl groups is 1. The molecule has 4 heteroatoms. The molecular weight excluding hydrogens is 266 g/mol. The van der Waals surface area contributed by atoms with E-state index in [9.17, 15) is 14.7 Å². The van der Waals surface area contributed by atoms with Crippen molar-refractivity contribution in [3.8, 4) is 0 Å². The lowest BCUT2D eigenvalue weighted by atomic mass is 9.83. The summed E-state index contributed by atoms with van der Waals surface area (Å²) in [5, 5.41) is 12.4. The number of benzene rings is 2. The van der Waals surface area contributed by atoms with Crippen molar-refractivity contribution in [3.63, 3.8) is 0 Å². The van der Waals surface area contributed by atoms with Gasteiger partial charge >= 0.3 is 0 Å². The molecular formula is C17H13NO3. The zero-order valence-electron chi connectivity index (χ0n) is 11.2. The van der Waals surface area contributed by atoms with Crippen molar-refractivity contribution in [1.29, 1.82) is 0 Å². The van der Waals surface area contributed by atoms with Gasteiger partial charge in [0.1, 0.15) is 6.23 Å². The van der Waals surface area contributed by atoms with E-state index in [0.29, 0.717) is 27.9 Å². The second-order valence-electron chi connectivity index (χ2n) is 4.76. The molecule has 0 radical (unpaired) electrons. The van der Waals surface area contributed by atoms with Gasteiger partial charge in [0.15, 0.2) is 11.6 Å². The Balaban J connectivity index is 2.19. The molecule has 1 unspecified atom stereocenters. The van der Waals surface area contributed by atoms with Crippen LogP contribution in [0.15, 0.2) is 55.1 Å². The second-order valence-corrected chi connectivity index (χ2v) is 4.76. The molecule has 2 aromatic rings. The largest absolute Gasteiger partial charge is 0.370 e. The lowest BCUT2D eigenvalue weighted by Crippen LogP contribution is -2.24. The number of rotatable bonds is 3. The SMILES string of the molecule is C=CC(O)Nc1cccc2c1C(=O)c1ccccc1C2=O. The van der Waals surface area contributed by atoms with Gasteiger partial charge in [-0.3, -0.25) is 9.59 Å². The van der Waals surface area contributed by atoms with Crippen LogP contribution in [0.2, 0.25) is 0 Å². The number of aliphatic hydroxyl groups excluding tert-OH is 1. The molecule has 0 aromatic heterocycles. The number of hydrogen-bond acceptors (Lipinski definition) is 4. The molecule has 0 aliphatic heterocycles. The Morgan fingerprint density at radius 1 is 0.952 bits per heavy atom. The van der Waals surface area contributed by atoms with Gasteiger partial charge < -0.3 is 10.4 Å². The summed E-state index contributed by atoms with van der Waals surface area (Å²) in [5.41, 5.74) is 1.86. The van der Waals surface area contributed by atoms with Crippen molar-refractivity contribution in [2.45, 2.75) is 6.23 Å². The van der Waals surface area contributed by atoms with E-state index in [1.807, 2.05) is 0 Å². The summed E-state index contributed by atoms with van der Waals surface area (Å²) in [6, 6.07) is 11.7. The maximum Gasteiger partial charge on any atom is 0.196 e. The predicted octanol–water partition coefficient (Wildman–Crippen LogP) is 2.38. The van der Waals surface area contributed by atoms with Crippen molar-refractivity contribution in [2.24, 2.45) is 0 Å². The molecule has 0 amide bonds. The van der Waals surface area contributed by atoms with Crippen LogP contribution in [-0.4, -0.2) is 22.9 Å². The Morgan fingerprint density at radius 2 is 1.57 bits per heavy atom. The number of carbonyl (C=O) groups excluding carboxylic acids is 2. The quantitative estimate of drug-likeness (QED) is 0.570. The standard InChI is InChI=1S/C17H13NO3/c1-2-14(19)18-13-9-5-8-12-15(13)17(21)11-7-4-3-6-10(11)16(12)20/h2-9,14,18-19H,1H2. The van der Waals surface area contributed by atoms with Crippen molar-refractivity contribution in [3.05, 3.63) is 77.4 Å². The highest BCUT2D eigenvalue weighted by Gasteiger charge is 2.31. The molecule has 0 heterocycles. The van der Waals surface area contributed by atoms with Gasteiger partial charge in [-0.15, -0.1) is 0 Å². The smallest absolute Gasteiger partial charge is 0.196 e. The van der Waals surface area contributed by atoms with E-state index in [1.54, 1.807) is 42.5 Å². The molecule has 2 N–H and O–H groups in total. The van der Waals surface area contributed by atoms with Crippen molar-refractivity contribution in [1.82, 2.24) is 0 Å². The van der Waals surface area contributed by atoms with Crippen LogP contribution in [0, 0.1) is 0 Å². The average Bonchev–Trinajstić information content (AvgIpc) is 2.52. The molecule has 0 spiro atoms. The molecule has 0 saturated carbocycles. The van der Waals surface area contributed by atoms with Gasteiger partial charge in [0.2, 0.25) is 0 Å². The molecule has 0 saturated heterocycles. The number of fused-ring (bicyclic) bond motifs is 2. The predicted molar refractivity (Wildman–Crippen MR) is 79.6 cm³/mol. The topological polar surface area (TPSA) is 66.4 Å². The van der Waals surface area contributed by atoms with Gasteiger partial charge in [-0.25, -0.2) is 0 Å². The van der Waals surface area contributed by atoms with Crippen molar-refractivity contribution in [2.75, 3.05) is 5.32 Å². The molecule has 2 aromatic carbocycles. The van der Waals surface area contributed by atoms with Crippen LogP contribution in [0.25, 0.3) is 0 Å². The summed E-state index contributed by atoms with van der Waals surface area (Å²) in [7, 11) is 0. The second kappa shape index (κ2) is 5.00. The first-order valence-corrected chi connectivity index (χ1v) is 6.52. The fourth-order valence-corrected chi connectivity index (χ4v) is 2.48. The van der Waals surface area contributed by atoms with E-state index in [0.717, 1.165) is 0 Å². The number of nitrogens with one attached hydrogen (secondary N) is 1. The fraction of sp³-hybridized carbons (Fsp3) is 0.0588. The van der Waals surface area contributed by atoms with Crippen LogP contribution in [0.4, 0.5) is 5.69 Å². The Bertz CT molecular complexity index is 764. The summed E-state index contributed by atoms with van der Waals surface area (Å²) in [6.07, 6.45) is 0.319. The molecule has 0 bridgehead atoms. The van der Waals surface area contributed by atoms with Crippen molar-refractivity contribution < 1.29 is 14.7 Å². The first kappa shape index (κ1) is 13.3. The van der Waals surface area contributed by atoms with Gasteiger partial charge in [-0.2, -0.15) is 0 Å². The third kappa shape index (κ3) is 2.06. The van der Waals surface area contributed by atoms with Crippen molar-refractivity contribution >= 4 is 17.3 Å². The maximum absolute atomic E-state index is 12.6. The Morgan fingerprint density at radius 3 is 2.24 bits per heavy atom. The number of ketones is 2. The van der Waals surface area contributed by atoms with Gasteiger partial charge in [0, 0.05) is 22.4 Å². The Labute approximate surface area is 121 Å². The van der Waals surface area contributed by atoms with Crippen LogP contribution < -0.4 is 5.32 Å². The zero-order valence-corrected chi connectivity index (χ0v) is 11.2. The highest BCUT2D eigenvalue weighted by molar-refractivity contribution is 6.30. The number of carbonyl (C=O) groups is 2. The summed E-state index contributed by atoms with van der Waals surface area (Å²) < 4.78 is 0. The summed E-state index contributed by atoms with van der Waals surface area (Å²) >= 11 is 0. The van der Waals surface area contributed by atoms with E-state index in [4.69, 9.17) is 0 Å². The van der Waals surface area contributed by atoms with Crippen LogP contribution in [0.1, 0.15) is 31.8 Å². The fourth-order valence-electron chi connectivity index (χ4n) is 2.48. The minimum atomic E-state index is -0.989. The minimum Gasteiger partial charge on any atom is -0.370 e. The Kier molecular flexibility index (Phi) is 3.16. The summed E-state index contributed by atoms with van der Waals surface area (Å²) in [4.78, 5) is 25.1. The van der Waals surface area contributed by atoms with Crippen LogP contribution >= 0.6 is 0 Å². The monoisotopic (exact) mass is 279 g/mol. The van der Waals surface area contributed by atoms with Gasteiger partial charge in [-0.05, 0) is 12.1 Å². The minimum absolute atomic E-state index is 0.183. The third-order valence-electron chi connectivity index (χ3n) is 3.48. The first-order valence-electron chi connectivity index (χ1n) is 6.52. The maximum atomic E-state index is 12.6. The van der Waals surface area contributed by atoms with Crippen LogP contribution in [0.3, 0.4) is 0 Å². The van der Waals surface area contributed by atoms with Crippen LogP contribution in [0.5, 0.6) is 0 Å². The summed E-state index contributed by atoms with van der Waals surface area (Å²) in [5.74, 6) is -0.406. The van der Waals surface area contributed by atoms with Gasteiger partial charge in [0.05, 0.1) is 5.56 Å². The van der Waals surface area contributed by atoms with E-state index < -0.39 is 6.23 Å². The van der Waals surface area contributed by atoms with E-state index in [1.165, 1.54) is 6.08 Å². The molecule has 104 valence electrons. The average molecular weight is 279 g/mol. The molecule has 1 atom stereocenters. The zero-order chi connectivity index (χ0) is 15.0. The number of hydrogen-bond donors (Lipinski definition) is 2. The first-order chi connectivity index (χ1) is 10.1. The highest BCUT2D eigenvalue weighted by atomic mass is 16.3. The number of anilines is 1. The molecule has 1 aliphatic carbocycles. The highest BCUT2D eigenvalue weighted by Crippen LogP contribution is 2.32. The lowest BCUT2D eigenvalue weighted by Gasteiger charge is -2.21. The molecule has 21 heavy (non-hydrogen) atoms. The van der Waals surface area contributed by atoms with E-state index in [-0.39, 0.29) is 11.6 Å². The van der Waals surface area contributed by atoms with E-state index >= 15 is 0 Å². The lowest BCUT2D eigenvalue weighted by molar-refractivity contribution is 0.0979. The van der Waals surface area contributed by atoms with Crippen LogP contribution in [-0.2, 0) is 0 Å². The normalized spacial score (nSPS) is 14.1. The molecule has 0 fully saturated rings. The van der Waals surface area contributed by atoms with Gasteiger partial charge in [0.25, 0.3) is 0 Å². The van der Waals surface area contributed by atoms with Gasteiger partial charge in [-0.1, -0.05) is 43.0 Å². The Hall–Kier alpha value is -2.72. The molecule has 4 nitrogen and oxygen atoms in total. The third-order valence-corrected chi connectivity index (χ3v) is 3.48. The summed E-state index contributed by atoms with van der Waals surface area (Å²) in [6.45, 7) is 3.47. The van der Waals surface area contributed by atoms with E-state index in [2.05, 4.69) is 11.9 Å². The molecule has 3 rings (SSSR count). The molecule has 1 aliphatic rings.